The second kappa shape index (κ2) is 5.17. The lowest BCUT2D eigenvalue weighted by molar-refractivity contribution is -0.129. The molecule has 0 aromatic carbocycles. The largest absolute Gasteiger partial charge is 0.347 e. The number of hydrogen-bond acceptors (Lipinski definition) is 3. The Bertz CT molecular complexity index is 618. The molecule has 2 aromatic rings. The molecule has 5 nitrogen and oxygen atoms in total. The Morgan fingerprint density at radius 3 is 2.79 bits per heavy atom. The first-order valence-corrected chi connectivity index (χ1v) is 6.51. The van der Waals surface area contributed by atoms with E-state index in [-0.39, 0.29) is 17.8 Å². The van der Waals surface area contributed by atoms with Gasteiger partial charge in [-0.1, -0.05) is 0 Å². The van der Waals surface area contributed by atoms with Crippen LogP contribution >= 0.6 is 11.6 Å². The summed E-state index contributed by atoms with van der Waals surface area (Å²) < 4.78 is 1.79. The van der Waals surface area contributed by atoms with Gasteiger partial charge in [-0.2, -0.15) is 0 Å². The zero-order chi connectivity index (χ0) is 14.2. The number of halogens is 1. The molecule has 0 bridgehead atoms. The van der Waals surface area contributed by atoms with Crippen molar-refractivity contribution in [3.8, 4) is 0 Å². The summed E-state index contributed by atoms with van der Waals surface area (Å²) in [5.41, 5.74) is 2.54. The first-order valence-electron chi connectivity index (χ1n) is 6.07. The second-order valence-electron chi connectivity index (χ2n) is 4.76. The van der Waals surface area contributed by atoms with Gasteiger partial charge < -0.3 is 9.47 Å². The van der Waals surface area contributed by atoms with Gasteiger partial charge in [0.05, 0.1) is 5.38 Å². The number of nitrogens with zero attached hydrogens (tertiary/aromatic N) is 4. The Morgan fingerprint density at radius 2 is 2.21 bits per heavy atom. The average Bonchev–Trinajstić information content (AvgIpc) is 2.70. The van der Waals surface area contributed by atoms with Crippen molar-refractivity contribution in [2.75, 3.05) is 14.1 Å². The molecule has 1 amide bonds. The summed E-state index contributed by atoms with van der Waals surface area (Å²) in [7, 11) is 3.45. The van der Waals surface area contributed by atoms with Gasteiger partial charge in [0.15, 0.2) is 5.65 Å². The van der Waals surface area contributed by atoms with Gasteiger partial charge in [0, 0.05) is 20.3 Å². The Balaban J connectivity index is 2.59. The van der Waals surface area contributed by atoms with Crippen LogP contribution < -0.4 is 0 Å². The van der Waals surface area contributed by atoms with E-state index in [1.165, 1.54) is 0 Å². The highest BCUT2D eigenvalue weighted by Gasteiger charge is 2.19. The molecule has 0 aliphatic rings. The SMILES string of the molecule is Cc1ccnc2c1nc(C(C)Cl)n2CC(=O)N(C)C. The van der Waals surface area contributed by atoms with E-state index in [0.717, 1.165) is 11.1 Å². The van der Waals surface area contributed by atoms with Crippen molar-refractivity contribution in [1.82, 2.24) is 19.4 Å². The fourth-order valence-corrected chi connectivity index (χ4v) is 2.06. The van der Waals surface area contributed by atoms with Crippen LogP contribution in [0.25, 0.3) is 11.2 Å². The molecule has 2 rings (SSSR count). The van der Waals surface area contributed by atoms with Crippen LogP contribution in [-0.2, 0) is 11.3 Å². The quantitative estimate of drug-likeness (QED) is 0.810. The molecule has 1 unspecified atom stereocenters. The summed E-state index contributed by atoms with van der Waals surface area (Å²) in [6.07, 6.45) is 1.72. The number of alkyl halides is 1. The third kappa shape index (κ3) is 2.56. The molecule has 0 spiro atoms. The summed E-state index contributed by atoms with van der Waals surface area (Å²) in [4.78, 5) is 22.3. The summed E-state index contributed by atoms with van der Waals surface area (Å²) in [6.45, 7) is 4.01. The van der Waals surface area contributed by atoms with E-state index in [2.05, 4.69) is 9.97 Å². The van der Waals surface area contributed by atoms with Crippen LogP contribution in [0, 0.1) is 6.92 Å². The highest BCUT2D eigenvalue weighted by atomic mass is 35.5. The molecule has 6 heteroatoms. The maximum atomic E-state index is 11.9. The number of carbonyl (C=O) groups is 1. The maximum Gasteiger partial charge on any atom is 0.242 e. The van der Waals surface area contributed by atoms with Crippen LogP contribution in [0.2, 0.25) is 0 Å². The van der Waals surface area contributed by atoms with Gasteiger partial charge in [0.1, 0.15) is 17.9 Å². The maximum absolute atomic E-state index is 11.9. The summed E-state index contributed by atoms with van der Waals surface area (Å²) in [5.74, 6) is 0.662. The molecule has 102 valence electrons. The van der Waals surface area contributed by atoms with Gasteiger partial charge >= 0.3 is 0 Å². The Labute approximate surface area is 117 Å². The zero-order valence-corrected chi connectivity index (χ0v) is 12.3. The molecule has 0 N–H and O–H groups in total. The number of rotatable bonds is 3. The van der Waals surface area contributed by atoms with Crippen LogP contribution in [-0.4, -0.2) is 39.4 Å². The first-order chi connectivity index (χ1) is 8.91. The molecule has 0 radical (unpaired) electrons. The normalized spacial score (nSPS) is 12.7. The topological polar surface area (TPSA) is 51.0 Å². The number of likely N-dealkylation sites (N-methyl/N-ethyl adjacent to an activating group) is 1. The minimum absolute atomic E-state index is 0.0128. The molecule has 1 atom stereocenters. The Kier molecular flexibility index (Phi) is 3.75. The molecule has 0 aliphatic carbocycles. The van der Waals surface area contributed by atoms with Gasteiger partial charge in [0.25, 0.3) is 0 Å². The number of hydrogen-bond donors (Lipinski definition) is 0. The van der Waals surface area contributed by atoms with Gasteiger partial charge in [-0.3, -0.25) is 4.79 Å². The van der Waals surface area contributed by atoms with E-state index in [1.54, 1.807) is 29.8 Å². The van der Waals surface area contributed by atoms with E-state index >= 15 is 0 Å². The monoisotopic (exact) mass is 280 g/mol. The van der Waals surface area contributed by atoms with Gasteiger partial charge in [0.2, 0.25) is 5.91 Å². The third-order valence-corrected chi connectivity index (χ3v) is 3.21. The lowest BCUT2D eigenvalue weighted by Gasteiger charge is -2.13. The van der Waals surface area contributed by atoms with Crippen molar-refractivity contribution >= 4 is 28.7 Å². The lowest BCUT2D eigenvalue weighted by Crippen LogP contribution is -2.27. The smallest absolute Gasteiger partial charge is 0.242 e. The molecular formula is C13H17ClN4O. The van der Waals surface area contributed by atoms with Crippen LogP contribution in [0.3, 0.4) is 0 Å². The molecule has 0 saturated heterocycles. The molecule has 2 aromatic heterocycles. The third-order valence-electron chi connectivity index (χ3n) is 3.01. The fourth-order valence-electron chi connectivity index (χ4n) is 1.89. The van der Waals surface area contributed by atoms with Crippen molar-refractivity contribution in [3.63, 3.8) is 0 Å². The molecule has 0 aliphatic heterocycles. The van der Waals surface area contributed by atoms with E-state index in [9.17, 15) is 4.79 Å². The number of aryl methyl sites for hydroxylation is 1. The van der Waals surface area contributed by atoms with Crippen molar-refractivity contribution < 1.29 is 4.79 Å². The average molecular weight is 281 g/mol. The van der Waals surface area contributed by atoms with Crippen LogP contribution in [0.4, 0.5) is 0 Å². The molecule has 0 saturated carbocycles. The zero-order valence-electron chi connectivity index (χ0n) is 11.5. The van der Waals surface area contributed by atoms with E-state index in [4.69, 9.17) is 11.6 Å². The number of carbonyl (C=O) groups excluding carboxylic acids is 1. The summed E-state index contributed by atoms with van der Waals surface area (Å²) >= 11 is 6.16. The van der Waals surface area contributed by atoms with E-state index in [1.807, 2.05) is 19.9 Å². The molecule has 0 fully saturated rings. The first kappa shape index (κ1) is 13.8. The Morgan fingerprint density at radius 1 is 1.53 bits per heavy atom. The van der Waals surface area contributed by atoms with Crippen molar-refractivity contribution in [2.24, 2.45) is 0 Å². The standard InChI is InChI=1S/C13H17ClN4O/c1-8-5-6-15-13-11(8)16-12(9(2)14)18(13)7-10(19)17(3)4/h5-6,9H,7H2,1-4H3. The minimum atomic E-state index is -0.274. The highest BCUT2D eigenvalue weighted by molar-refractivity contribution is 6.20. The van der Waals surface area contributed by atoms with Crippen LogP contribution in [0.5, 0.6) is 0 Å². The van der Waals surface area contributed by atoms with Crippen molar-refractivity contribution in [3.05, 3.63) is 23.7 Å². The number of imidazole rings is 1. The molecular weight excluding hydrogens is 264 g/mol. The van der Waals surface area contributed by atoms with Gasteiger partial charge in [-0.05, 0) is 25.5 Å². The van der Waals surface area contributed by atoms with E-state index in [0.29, 0.717) is 11.5 Å². The molecule has 2 heterocycles. The lowest BCUT2D eigenvalue weighted by atomic mass is 10.3. The van der Waals surface area contributed by atoms with Crippen molar-refractivity contribution in [1.29, 1.82) is 0 Å². The fraction of sp³-hybridized carbons (Fsp3) is 0.462. The molecule has 19 heavy (non-hydrogen) atoms. The van der Waals surface area contributed by atoms with Crippen LogP contribution in [0.1, 0.15) is 23.7 Å². The number of fused-ring (bicyclic) bond motifs is 1. The second-order valence-corrected chi connectivity index (χ2v) is 5.42. The predicted octanol–water partition coefficient (Wildman–Crippen LogP) is 2.13. The minimum Gasteiger partial charge on any atom is -0.347 e. The van der Waals surface area contributed by atoms with Gasteiger partial charge in [-0.15, -0.1) is 11.6 Å². The number of aromatic nitrogens is 3. The predicted molar refractivity (Wildman–Crippen MR) is 75.2 cm³/mol. The highest BCUT2D eigenvalue weighted by Crippen LogP contribution is 2.25. The van der Waals surface area contributed by atoms with Crippen LogP contribution in [0.15, 0.2) is 12.3 Å². The summed E-state index contributed by atoms with van der Waals surface area (Å²) in [5, 5.41) is -0.274. The van der Waals surface area contributed by atoms with Gasteiger partial charge in [-0.25, -0.2) is 9.97 Å². The summed E-state index contributed by atoms with van der Waals surface area (Å²) in [6, 6.07) is 1.90. The van der Waals surface area contributed by atoms with Crippen molar-refractivity contribution in [2.45, 2.75) is 25.8 Å². The van der Waals surface area contributed by atoms with E-state index < -0.39 is 0 Å². The number of amides is 1. The Hall–Kier alpha value is -1.62. The number of pyridine rings is 1.